The Morgan fingerprint density at radius 3 is 1.94 bits per heavy atom. The number of alkyl halides is 3. The number of imidazole rings is 1. The first-order chi connectivity index (χ1) is 24.0. The molecule has 0 bridgehead atoms. The van der Waals surface area contributed by atoms with Gasteiger partial charge in [-0.1, -0.05) is 109 Å². The Kier molecular flexibility index (Phi) is 16.8. The maximum absolute atomic E-state index is 13.0. The van der Waals surface area contributed by atoms with E-state index in [9.17, 15) is 32.9 Å². The standard InChI is InChI=1S/C37H49F3N4O6/c1-3-4-5-6-7-8-9-10-11-12-13-14-15-16-17-18-35(45)49-28-50-36(46)42(2)33-24-23-31(44(47)48)25-34(33)43-26-32(41-27-43)29-19-21-30(22-20-29)37(38,39)40/h19-27H,3-18,28H2,1-2H3. The summed E-state index contributed by atoms with van der Waals surface area (Å²) in [5, 5.41) is 11.5. The van der Waals surface area contributed by atoms with Gasteiger partial charge in [-0.25, -0.2) is 9.78 Å². The van der Waals surface area contributed by atoms with Crippen LogP contribution in [0.25, 0.3) is 16.9 Å². The van der Waals surface area contributed by atoms with Crippen molar-refractivity contribution in [2.24, 2.45) is 0 Å². The summed E-state index contributed by atoms with van der Waals surface area (Å²) in [6.07, 6.45) is 16.0. The van der Waals surface area contributed by atoms with Crippen molar-refractivity contribution in [2.75, 3.05) is 18.7 Å². The molecule has 0 saturated heterocycles. The molecule has 0 spiro atoms. The minimum absolute atomic E-state index is 0.189. The molecule has 3 rings (SSSR count). The van der Waals surface area contributed by atoms with Crippen molar-refractivity contribution in [3.05, 3.63) is 70.7 Å². The molecule has 0 N–H and O–H groups in total. The van der Waals surface area contributed by atoms with Crippen LogP contribution in [-0.2, 0) is 20.4 Å². The zero-order chi connectivity index (χ0) is 36.4. The number of benzene rings is 2. The SMILES string of the molecule is CCCCCCCCCCCCCCCCCC(=O)OCOC(=O)N(C)c1ccc([N+](=O)[O-])cc1-n1cnc(-c2ccc(C(F)(F)F)cc2)c1. The van der Waals surface area contributed by atoms with Crippen LogP contribution >= 0.6 is 0 Å². The van der Waals surface area contributed by atoms with Crippen molar-refractivity contribution in [2.45, 2.75) is 116 Å². The van der Waals surface area contributed by atoms with Crippen LogP contribution < -0.4 is 4.90 Å². The first-order valence-electron chi connectivity index (χ1n) is 17.6. The van der Waals surface area contributed by atoms with Gasteiger partial charge in [0.25, 0.3) is 5.69 Å². The molecule has 50 heavy (non-hydrogen) atoms. The molecule has 0 aliphatic carbocycles. The number of halogens is 3. The van der Waals surface area contributed by atoms with Gasteiger partial charge in [-0.05, 0) is 24.6 Å². The average Bonchev–Trinajstić information content (AvgIpc) is 3.59. The monoisotopic (exact) mass is 702 g/mol. The van der Waals surface area contributed by atoms with E-state index in [4.69, 9.17) is 9.47 Å². The van der Waals surface area contributed by atoms with E-state index >= 15 is 0 Å². The smallest absolute Gasteiger partial charge is 0.416 e. The highest BCUT2D eigenvalue weighted by Crippen LogP contribution is 2.32. The number of nitro benzene ring substituents is 1. The van der Waals surface area contributed by atoms with Crippen LogP contribution in [0.1, 0.15) is 115 Å². The number of non-ortho nitro benzene ring substituents is 1. The molecule has 0 saturated carbocycles. The number of esters is 1. The Hall–Kier alpha value is -4.42. The Morgan fingerprint density at radius 1 is 0.840 bits per heavy atom. The Bertz CT molecular complexity index is 1490. The summed E-state index contributed by atoms with van der Waals surface area (Å²) in [5.41, 5.74) is 0.0289. The molecule has 0 fully saturated rings. The summed E-state index contributed by atoms with van der Waals surface area (Å²) >= 11 is 0. The zero-order valence-corrected chi connectivity index (χ0v) is 29.1. The molecule has 2 aromatic carbocycles. The van der Waals surface area contributed by atoms with E-state index < -0.39 is 35.5 Å². The number of ether oxygens (including phenoxy) is 2. The van der Waals surface area contributed by atoms with Crippen LogP contribution in [0.2, 0.25) is 0 Å². The molecule has 0 aliphatic heterocycles. The Balaban J connectivity index is 1.40. The van der Waals surface area contributed by atoms with Crippen molar-refractivity contribution in [1.82, 2.24) is 9.55 Å². The van der Waals surface area contributed by atoms with Crippen molar-refractivity contribution in [3.63, 3.8) is 0 Å². The molecule has 0 aliphatic rings. The van der Waals surface area contributed by atoms with E-state index in [1.807, 2.05) is 0 Å². The molecule has 3 aromatic rings. The van der Waals surface area contributed by atoms with Gasteiger partial charge in [0.15, 0.2) is 0 Å². The molecule has 0 radical (unpaired) electrons. The van der Waals surface area contributed by atoms with Crippen molar-refractivity contribution < 1.29 is 37.2 Å². The van der Waals surface area contributed by atoms with Crippen LogP contribution in [0, 0.1) is 10.1 Å². The molecule has 13 heteroatoms. The quantitative estimate of drug-likeness (QED) is 0.0336. The first-order valence-corrected chi connectivity index (χ1v) is 17.6. The number of nitrogens with zero attached hydrogens (tertiary/aromatic N) is 4. The fraction of sp³-hybridized carbons (Fsp3) is 0.541. The summed E-state index contributed by atoms with van der Waals surface area (Å²) in [6.45, 7) is 1.65. The van der Waals surface area contributed by atoms with Crippen LogP contribution in [0.3, 0.4) is 0 Å². The number of amides is 1. The number of carbonyl (C=O) groups excluding carboxylic acids is 2. The lowest BCUT2D eigenvalue weighted by atomic mass is 10.0. The maximum atomic E-state index is 13.0. The van der Waals surface area contributed by atoms with Gasteiger partial charge >= 0.3 is 18.2 Å². The summed E-state index contributed by atoms with van der Waals surface area (Å²) in [6, 6.07) is 8.22. The van der Waals surface area contributed by atoms with E-state index in [0.717, 1.165) is 36.3 Å². The molecular weight excluding hydrogens is 653 g/mol. The highest BCUT2D eigenvalue weighted by molar-refractivity contribution is 5.90. The molecule has 0 atom stereocenters. The van der Waals surface area contributed by atoms with Crippen molar-refractivity contribution in [3.8, 4) is 16.9 Å². The predicted molar refractivity (Wildman–Crippen MR) is 186 cm³/mol. The zero-order valence-electron chi connectivity index (χ0n) is 29.1. The van der Waals surface area contributed by atoms with Crippen LogP contribution in [0.5, 0.6) is 0 Å². The lowest BCUT2D eigenvalue weighted by Gasteiger charge is -2.20. The molecular formula is C37H49F3N4O6. The van der Waals surface area contributed by atoms with E-state index in [1.54, 1.807) is 0 Å². The predicted octanol–water partition coefficient (Wildman–Crippen LogP) is 10.8. The number of rotatable bonds is 22. The van der Waals surface area contributed by atoms with Crippen LogP contribution in [0.15, 0.2) is 55.0 Å². The lowest BCUT2D eigenvalue weighted by Crippen LogP contribution is -2.29. The van der Waals surface area contributed by atoms with Gasteiger partial charge in [-0.2, -0.15) is 13.2 Å². The van der Waals surface area contributed by atoms with Gasteiger partial charge in [-0.15, -0.1) is 0 Å². The van der Waals surface area contributed by atoms with Crippen molar-refractivity contribution in [1.29, 1.82) is 0 Å². The van der Waals surface area contributed by atoms with E-state index in [2.05, 4.69) is 11.9 Å². The lowest BCUT2D eigenvalue weighted by molar-refractivity contribution is -0.384. The summed E-state index contributed by atoms with van der Waals surface area (Å²) in [4.78, 5) is 41.2. The Labute approximate surface area is 292 Å². The normalized spacial score (nSPS) is 11.4. The third-order valence-corrected chi connectivity index (χ3v) is 8.56. The van der Waals surface area contributed by atoms with Gasteiger partial charge in [0.2, 0.25) is 6.79 Å². The first kappa shape index (κ1) is 40.0. The van der Waals surface area contributed by atoms with Gasteiger partial charge in [0.1, 0.15) is 0 Å². The fourth-order valence-electron chi connectivity index (χ4n) is 5.60. The fourth-order valence-corrected chi connectivity index (χ4v) is 5.60. The van der Waals surface area contributed by atoms with Gasteiger partial charge in [0, 0.05) is 37.4 Å². The third-order valence-electron chi connectivity index (χ3n) is 8.56. The second-order valence-electron chi connectivity index (χ2n) is 12.5. The maximum Gasteiger partial charge on any atom is 0.416 e. The number of hydrogen-bond donors (Lipinski definition) is 0. The Morgan fingerprint density at radius 2 is 1.40 bits per heavy atom. The molecule has 10 nitrogen and oxygen atoms in total. The highest BCUT2D eigenvalue weighted by Gasteiger charge is 2.30. The minimum Gasteiger partial charge on any atom is -0.428 e. The topological polar surface area (TPSA) is 117 Å². The van der Waals surface area contributed by atoms with E-state index in [0.29, 0.717) is 17.7 Å². The number of unbranched alkanes of at least 4 members (excludes halogenated alkanes) is 14. The van der Waals surface area contributed by atoms with Gasteiger partial charge in [0.05, 0.1) is 33.9 Å². The second-order valence-corrected chi connectivity index (χ2v) is 12.5. The summed E-state index contributed by atoms with van der Waals surface area (Å²) < 4.78 is 50.6. The number of hydrogen-bond acceptors (Lipinski definition) is 7. The molecule has 1 heterocycles. The van der Waals surface area contributed by atoms with Gasteiger partial charge < -0.3 is 14.0 Å². The minimum atomic E-state index is -4.49. The molecule has 1 amide bonds. The van der Waals surface area contributed by atoms with E-state index in [-0.39, 0.29) is 23.5 Å². The molecule has 1 aromatic heterocycles. The number of anilines is 1. The van der Waals surface area contributed by atoms with E-state index in [1.165, 1.54) is 125 Å². The third kappa shape index (κ3) is 13.5. The second kappa shape index (κ2) is 20.9. The molecule has 0 unspecified atom stereocenters. The molecule has 274 valence electrons. The number of aromatic nitrogens is 2. The summed E-state index contributed by atoms with van der Waals surface area (Å²) in [7, 11) is 1.39. The summed E-state index contributed by atoms with van der Waals surface area (Å²) in [5.74, 6) is -0.472. The van der Waals surface area contributed by atoms with Crippen molar-refractivity contribution >= 4 is 23.4 Å². The van der Waals surface area contributed by atoms with Gasteiger partial charge in [-0.3, -0.25) is 19.8 Å². The average molecular weight is 703 g/mol. The van der Waals surface area contributed by atoms with Crippen LogP contribution in [-0.4, -0.2) is 40.4 Å². The van der Waals surface area contributed by atoms with Crippen LogP contribution in [0.4, 0.5) is 29.3 Å². The largest absolute Gasteiger partial charge is 0.428 e. The highest BCUT2D eigenvalue weighted by atomic mass is 19.4. The number of nitro groups is 1. The number of carbonyl (C=O) groups is 2.